The third-order valence-electron chi connectivity index (χ3n) is 1.92. The van der Waals surface area contributed by atoms with Crippen LogP contribution < -0.4 is 0 Å². The Bertz CT molecular complexity index is 138. The maximum Gasteiger partial charge on any atom is 0.259 e. The van der Waals surface area contributed by atoms with Crippen molar-refractivity contribution in [1.29, 1.82) is 0 Å². The van der Waals surface area contributed by atoms with Gasteiger partial charge in [-0.05, 0) is 26.4 Å². The first-order valence-corrected chi connectivity index (χ1v) is 3.36. The standard InChI is InChI=1S/C7H10FNO/c1-9-4-2-3-6(9)7(10)5-8/h6H,2-4H2,1H3. The summed E-state index contributed by atoms with van der Waals surface area (Å²) < 4.78 is 11.6. The summed E-state index contributed by atoms with van der Waals surface area (Å²) in [5.74, 6) is -0.514. The highest BCUT2D eigenvalue weighted by Crippen LogP contribution is 2.16. The first-order chi connectivity index (χ1) is 4.75. The zero-order chi connectivity index (χ0) is 7.56. The molecule has 1 aliphatic heterocycles. The molecule has 1 fully saturated rings. The van der Waals surface area contributed by atoms with Gasteiger partial charge in [0.05, 0.1) is 6.04 Å². The van der Waals surface area contributed by atoms with Crippen LogP contribution in [-0.4, -0.2) is 30.3 Å². The third-order valence-corrected chi connectivity index (χ3v) is 1.92. The Morgan fingerprint density at radius 1 is 1.80 bits per heavy atom. The number of ketones is 1. The van der Waals surface area contributed by atoms with Gasteiger partial charge in [-0.2, -0.15) is 0 Å². The van der Waals surface area contributed by atoms with Crippen LogP contribution in [0.2, 0.25) is 0 Å². The van der Waals surface area contributed by atoms with Crippen molar-refractivity contribution in [3.8, 4) is 0 Å². The Morgan fingerprint density at radius 3 is 2.90 bits per heavy atom. The van der Waals surface area contributed by atoms with Gasteiger partial charge in [0.2, 0.25) is 0 Å². The predicted octanol–water partition coefficient (Wildman–Crippen LogP) is 0.658. The second kappa shape index (κ2) is 3.10. The highest BCUT2D eigenvalue weighted by molar-refractivity contribution is 5.90. The molecule has 1 heterocycles. The molecule has 0 N–H and O–H groups in total. The van der Waals surface area contributed by atoms with Gasteiger partial charge in [0.15, 0.2) is 5.78 Å². The number of hydrogen-bond donors (Lipinski definition) is 0. The van der Waals surface area contributed by atoms with E-state index in [1.54, 1.807) is 0 Å². The molecule has 3 heteroatoms. The fourth-order valence-electron chi connectivity index (χ4n) is 1.30. The normalized spacial score (nSPS) is 27.2. The topological polar surface area (TPSA) is 20.3 Å². The molecular formula is C7H10FNO. The SMILES string of the molecule is CN1CCCC1C(=O)[C]F. The summed E-state index contributed by atoms with van der Waals surface area (Å²) in [6.45, 7) is 2.04. The molecule has 2 radical (unpaired) electrons. The molecule has 0 aromatic heterocycles. The van der Waals surface area contributed by atoms with Crippen molar-refractivity contribution >= 4 is 5.78 Å². The molecular weight excluding hydrogens is 133 g/mol. The molecule has 1 atom stereocenters. The van der Waals surface area contributed by atoms with Crippen LogP contribution in [-0.2, 0) is 4.79 Å². The minimum absolute atomic E-state index is 0.245. The number of carbonyl (C=O) groups is 1. The largest absolute Gasteiger partial charge is 0.297 e. The molecule has 0 bridgehead atoms. The number of likely N-dealkylation sites (N-methyl/N-ethyl adjacent to an activating group) is 1. The molecule has 0 aromatic carbocycles. The van der Waals surface area contributed by atoms with E-state index < -0.39 is 5.78 Å². The highest BCUT2D eigenvalue weighted by Gasteiger charge is 2.27. The number of halogens is 1. The number of carbonyl (C=O) groups excluding carboxylic acids is 1. The molecule has 0 aromatic rings. The van der Waals surface area contributed by atoms with E-state index in [9.17, 15) is 9.18 Å². The number of rotatable bonds is 2. The van der Waals surface area contributed by atoms with E-state index in [0.29, 0.717) is 0 Å². The van der Waals surface area contributed by atoms with Crippen LogP contribution in [0.4, 0.5) is 4.39 Å². The first-order valence-electron chi connectivity index (χ1n) is 3.36. The lowest BCUT2D eigenvalue weighted by Crippen LogP contribution is -2.32. The maximum atomic E-state index is 11.6. The van der Waals surface area contributed by atoms with Gasteiger partial charge in [0, 0.05) is 0 Å². The molecule has 2 nitrogen and oxygen atoms in total. The summed E-state index contributed by atoms with van der Waals surface area (Å²) in [6, 6.07) is -0.245. The summed E-state index contributed by atoms with van der Waals surface area (Å²) in [5.41, 5.74) is 0. The van der Waals surface area contributed by atoms with Crippen LogP contribution >= 0.6 is 0 Å². The van der Waals surface area contributed by atoms with Crippen molar-refractivity contribution in [3.05, 3.63) is 6.67 Å². The number of hydrogen-bond acceptors (Lipinski definition) is 2. The fraction of sp³-hybridized carbons (Fsp3) is 0.714. The van der Waals surface area contributed by atoms with Crippen LogP contribution in [0.25, 0.3) is 0 Å². The van der Waals surface area contributed by atoms with Gasteiger partial charge < -0.3 is 0 Å². The average molecular weight is 143 g/mol. The minimum Gasteiger partial charge on any atom is -0.297 e. The summed E-state index contributed by atoms with van der Waals surface area (Å²) in [5, 5.41) is 0. The van der Waals surface area contributed by atoms with E-state index in [1.807, 2.05) is 11.9 Å². The van der Waals surface area contributed by atoms with Gasteiger partial charge >= 0.3 is 0 Å². The summed E-state index contributed by atoms with van der Waals surface area (Å²) in [4.78, 5) is 12.6. The third kappa shape index (κ3) is 1.34. The Balaban J connectivity index is 2.46. The van der Waals surface area contributed by atoms with E-state index in [1.165, 1.54) is 0 Å². The van der Waals surface area contributed by atoms with Crippen molar-refractivity contribution < 1.29 is 9.18 Å². The Morgan fingerprint density at radius 2 is 2.50 bits per heavy atom. The van der Waals surface area contributed by atoms with Gasteiger partial charge in [-0.3, -0.25) is 9.69 Å². The van der Waals surface area contributed by atoms with E-state index in [0.717, 1.165) is 26.1 Å². The summed E-state index contributed by atoms with van der Waals surface area (Å²) in [7, 11) is 1.83. The lowest BCUT2D eigenvalue weighted by Gasteiger charge is -2.14. The lowest BCUT2D eigenvalue weighted by molar-refractivity contribution is -0.121. The predicted molar refractivity (Wildman–Crippen MR) is 35.0 cm³/mol. The van der Waals surface area contributed by atoms with Crippen LogP contribution in [0.3, 0.4) is 0 Å². The number of Topliss-reactive ketones (excluding diaryl/α,β-unsaturated/α-hetero) is 1. The van der Waals surface area contributed by atoms with E-state index in [4.69, 9.17) is 0 Å². The zero-order valence-electron chi connectivity index (χ0n) is 5.93. The smallest absolute Gasteiger partial charge is 0.259 e. The number of likely N-dealkylation sites (tertiary alicyclic amines) is 1. The summed E-state index contributed by atoms with van der Waals surface area (Å²) in [6.07, 6.45) is 1.75. The Kier molecular flexibility index (Phi) is 2.38. The monoisotopic (exact) mass is 143 g/mol. The maximum absolute atomic E-state index is 11.6. The molecule has 0 amide bonds. The second-order valence-corrected chi connectivity index (χ2v) is 2.60. The average Bonchev–Trinajstić information content (AvgIpc) is 2.34. The van der Waals surface area contributed by atoms with Crippen LogP contribution in [0.1, 0.15) is 12.8 Å². The Hall–Kier alpha value is -0.440. The van der Waals surface area contributed by atoms with Crippen molar-refractivity contribution in [2.75, 3.05) is 13.6 Å². The van der Waals surface area contributed by atoms with Gasteiger partial charge in [-0.1, -0.05) is 0 Å². The van der Waals surface area contributed by atoms with Crippen molar-refractivity contribution in [2.24, 2.45) is 0 Å². The van der Waals surface area contributed by atoms with E-state index >= 15 is 0 Å². The number of nitrogens with zero attached hydrogens (tertiary/aromatic N) is 1. The Labute approximate surface area is 60.0 Å². The van der Waals surface area contributed by atoms with Crippen LogP contribution in [0.15, 0.2) is 0 Å². The molecule has 0 spiro atoms. The molecule has 1 saturated heterocycles. The molecule has 0 saturated carbocycles. The van der Waals surface area contributed by atoms with Crippen LogP contribution in [0, 0.1) is 6.67 Å². The molecule has 56 valence electrons. The molecule has 1 aliphatic rings. The minimum atomic E-state index is -0.514. The van der Waals surface area contributed by atoms with E-state index in [-0.39, 0.29) is 6.04 Å². The van der Waals surface area contributed by atoms with Crippen molar-refractivity contribution in [1.82, 2.24) is 4.90 Å². The summed E-state index contributed by atoms with van der Waals surface area (Å²) >= 11 is 0. The van der Waals surface area contributed by atoms with Gasteiger partial charge in [-0.25, -0.2) is 4.39 Å². The van der Waals surface area contributed by atoms with Gasteiger partial charge in [0.25, 0.3) is 6.67 Å². The second-order valence-electron chi connectivity index (χ2n) is 2.60. The zero-order valence-corrected chi connectivity index (χ0v) is 5.93. The van der Waals surface area contributed by atoms with Gasteiger partial charge in [-0.15, -0.1) is 0 Å². The first kappa shape index (κ1) is 7.66. The molecule has 0 aliphatic carbocycles. The quantitative estimate of drug-likeness (QED) is 0.566. The van der Waals surface area contributed by atoms with Crippen molar-refractivity contribution in [2.45, 2.75) is 18.9 Å². The van der Waals surface area contributed by atoms with Gasteiger partial charge in [0.1, 0.15) is 0 Å². The van der Waals surface area contributed by atoms with Crippen molar-refractivity contribution in [3.63, 3.8) is 0 Å². The molecule has 1 rings (SSSR count). The lowest BCUT2D eigenvalue weighted by atomic mass is 10.1. The fourth-order valence-corrected chi connectivity index (χ4v) is 1.30. The van der Waals surface area contributed by atoms with Crippen LogP contribution in [0.5, 0.6) is 0 Å². The molecule has 10 heavy (non-hydrogen) atoms. The van der Waals surface area contributed by atoms with E-state index in [2.05, 4.69) is 0 Å². The highest BCUT2D eigenvalue weighted by atomic mass is 19.1. The molecule has 1 unspecified atom stereocenters.